The number of rotatable bonds is 5. The third-order valence-corrected chi connectivity index (χ3v) is 3.56. The Morgan fingerprint density at radius 3 is 2.70 bits per heavy atom. The lowest BCUT2D eigenvalue weighted by molar-refractivity contribution is 0.322. The van der Waals surface area contributed by atoms with Gasteiger partial charge in [-0.1, -0.05) is 12.1 Å². The Bertz CT molecular complexity index is 562. The molecule has 1 heterocycles. The van der Waals surface area contributed by atoms with Crippen molar-refractivity contribution in [3.63, 3.8) is 0 Å². The summed E-state index contributed by atoms with van der Waals surface area (Å²) in [7, 11) is 1.90. The van der Waals surface area contributed by atoms with Crippen LogP contribution in [0.4, 0.5) is 4.39 Å². The molecule has 2 unspecified atom stereocenters. The van der Waals surface area contributed by atoms with Crippen LogP contribution >= 0.6 is 0 Å². The van der Waals surface area contributed by atoms with Gasteiger partial charge in [-0.05, 0) is 51.1 Å². The van der Waals surface area contributed by atoms with E-state index in [1.165, 1.54) is 12.1 Å². The Balaban J connectivity index is 2.32. The Morgan fingerprint density at radius 1 is 1.35 bits per heavy atom. The van der Waals surface area contributed by atoms with Crippen LogP contribution in [0.2, 0.25) is 0 Å². The molecule has 1 aromatic carbocycles. The molecule has 2 atom stereocenters. The molecular weight excluding hydrogens is 257 g/mol. The first-order chi connectivity index (χ1) is 9.55. The minimum atomic E-state index is -0.290. The molecule has 0 aliphatic carbocycles. The summed E-state index contributed by atoms with van der Waals surface area (Å²) in [6, 6.07) is 4.98. The van der Waals surface area contributed by atoms with Gasteiger partial charge in [0.15, 0.2) is 0 Å². The van der Waals surface area contributed by atoms with Crippen LogP contribution in [0.25, 0.3) is 11.4 Å². The second kappa shape index (κ2) is 6.13. The van der Waals surface area contributed by atoms with E-state index in [0.717, 1.165) is 12.0 Å². The molecule has 1 aromatic heterocycles. The van der Waals surface area contributed by atoms with E-state index in [1.807, 2.05) is 20.0 Å². The lowest BCUT2D eigenvalue weighted by Gasteiger charge is -2.17. The van der Waals surface area contributed by atoms with E-state index in [0.29, 0.717) is 17.3 Å². The molecule has 0 aliphatic heterocycles. The van der Waals surface area contributed by atoms with Gasteiger partial charge in [-0.25, -0.2) is 4.39 Å². The van der Waals surface area contributed by atoms with E-state index in [4.69, 9.17) is 4.52 Å². The lowest BCUT2D eigenvalue weighted by atomic mass is 9.98. The van der Waals surface area contributed by atoms with Gasteiger partial charge < -0.3 is 9.84 Å². The summed E-state index contributed by atoms with van der Waals surface area (Å²) in [6.45, 7) is 5.99. The summed E-state index contributed by atoms with van der Waals surface area (Å²) in [5, 5.41) is 7.17. The summed E-state index contributed by atoms with van der Waals surface area (Å²) >= 11 is 0. The minimum Gasteiger partial charge on any atom is -0.339 e. The highest BCUT2D eigenvalue weighted by atomic mass is 19.1. The van der Waals surface area contributed by atoms with Crippen LogP contribution in [0.1, 0.15) is 37.6 Å². The van der Waals surface area contributed by atoms with Crippen molar-refractivity contribution in [1.82, 2.24) is 15.5 Å². The van der Waals surface area contributed by atoms with E-state index in [1.54, 1.807) is 0 Å². The van der Waals surface area contributed by atoms with E-state index < -0.39 is 0 Å². The quantitative estimate of drug-likeness (QED) is 0.911. The average Bonchev–Trinajstić information content (AvgIpc) is 2.87. The van der Waals surface area contributed by atoms with Crippen LogP contribution in [0.5, 0.6) is 0 Å². The summed E-state index contributed by atoms with van der Waals surface area (Å²) in [5.74, 6) is 0.883. The fraction of sp³-hybridized carbons (Fsp3) is 0.467. The van der Waals surface area contributed by atoms with Gasteiger partial charge in [0.1, 0.15) is 5.82 Å². The molecule has 20 heavy (non-hydrogen) atoms. The first-order valence-corrected chi connectivity index (χ1v) is 6.83. The zero-order valence-electron chi connectivity index (χ0n) is 12.3. The van der Waals surface area contributed by atoms with Crippen molar-refractivity contribution >= 4 is 0 Å². The molecule has 0 radical (unpaired) electrons. The molecular formula is C15H20FN3O. The fourth-order valence-electron chi connectivity index (χ4n) is 2.31. The van der Waals surface area contributed by atoms with Crippen LogP contribution in [0.15, 0.2) is 22.7 Å². The first kappa shape index (κ1) is 14.7. The van der Waals surface area contributed by atoms with Crippen molar-refractivity contribution in [1.29, 1.82) is 0 Å². The van der Waals surface area contributed by atoms with Crippen LogP contribution in [-0.2, 0) is 0 Å². The molecule has 5 heteroatoms. The second-order valence-electron chi connectivity index (χ2n) is 5.07. The average molecular weight is 277 g/mol. The first-order valence-electron chi connectivity index (χ1n) is 6.83. The van der Waals surface area contributed by atoms with Crippen LogP contribution < -0.4 is 5.32 Å². The number of benzene rings is 1. The summed E-state index contributed by atoms with van der Waals surface area (Å²) in [4.78, 5) is 4.42. The highest BCUT2D eigenvalue weighted by Gasteiger charge is 2.23. The SMILES string of the molecule is CCC(c1nc(-c2cc(C)cc(F)c2)no1)C(C)NC. The molecule has 1 N–H and O–H groups in total. The van der Waals surface area contributed by atoms with Gasteiger partial charge in [0.25, 0.3) is 0 Å². The Morgan fingerprint density at radius 2 is 2.10 bits per heavy atom. The van der Waals surface area contributed by atoms with Gasteiger partial charge in [-0.3, -0.25) is 0 Å². The third kappa shape index (κ3) is 3.04. The Kier molecular flexibility index (Phi) is 4.49. The van der Waals surface area contributed by atoms with Crippen molar-refractivity contribution in [3.05, 3.63) is 35.5 Å². The van der Waals surface area contributed by atoms with Crippen molar-refractivity contribution < 1.29 is 8.91 Å². The van der Waals surface area contributed by atoms with Gasteiger partial charge in [0, 0.05) is 11.6 Å². The summed E-state index contributed by atoms with van der Waals surface area (Å²) in [5.41, 5.74) is 1.48. The van der Waals surface area contributed by atoms with Gasteiger partial charge >= 0.3 is 0 Å². The maximum atomic E-state index is 13.4. The predicted octanol–water partition coefficient (Wildman–Crippen LogP) is 3.29. The predicted molar refractivity (Wildman–Crippen MR) is 76.0 cm³/mol. The van der Waals surface area contributed by atoms with Crippen molar-refractivity contribution in [2.45, 2.75) is 39.2 Å². The molecule has 0 spiro atoms. The van der Waals surface area contributed by atoms with Crippen LogP contribution in [0.3, 0.4) is 0 Å². The van der Waals surface area contributed by atoms with E-state index in [-0.39, 0.29) is 17.8 Å². The van der Waals surface area contributed by atoms with E-state index in [2.05, 4.69) is 29.3 Å². The highest BCUT2D eigenvalue weighted by molar-refractivity contribution is 5.55. The lowest BCUT2D eigenvalue weighted by Crippen LogP contribution is -2.28. The molecule has 0 saturated carbocycles. The molecule has 0 bridgehead atoms. The number of likely N-dealkylation sites (N-methyl/N-ethyl adjacent to an activating group) is 1. The van der Waals surface area contributed by atoms with E-state index in [9.17, 15) is 4.39 Å². The highest BCUT2D eigenvalue weighted by Crippen LogP contribution is 2.25. The normalized spacial score (nSPS) is 14.2. The van der Waals surface area contributed by atoms with Crippen molar-refractivity contribution in [3.8, 4) is 11.4 Å². The number of hydrogen-bond acceptors (Lipinski definition) is 4. The van der Waals surface area contributed by atoms with Gasteiger partial charge in [-0.2, -0.15) is 4.98 Å². The number of aromatic nitrogens is 2. The third-order valence-electron chi connectivity index (χ3n) is 3.56. The van der Waals surface area contributed by atoms with Gasteiger partial charge in [0.05, 0.1) is 5.92 Å². The fourth-order valence-corrected chi connectivity index (χ4v) is 2.31. The standard InChI is InChI=1S/C15H20FN3O/c1-5-13(10(3)17-4)15-18-14(19-20-15)11-6-9(2)7-12(16)8-11/h6-8,10,13,17H,5H2,1-4H3. The summed E-state index contributed by atoms with van der Waals surface area (Å²) < 4.78 is 18.8. The zero-order chi connectivity index (χ0) is 14.7. The number of aryl methyl sites for hydroxylation is 1. The zero-order valence-corrected chi connectivity index (χ0v) is 12.3. The van der Waals surface area contributed by atoms with Gasteiger partial charge in [-0.15, -0.1) is 0 Å². The van der Waals surface area contributed by atoms with Crippen molar-refractivity contribution in [2.75, 3.05) is 7.05 Å². The van der Waals surface area contributed by atoms with Crippen LogP contribution in [-0.4, -0.2) is 23.2 Å². The maximum Gasteiger partial charge on any atom is 0.231 e. The second-order valence-corrected chi connectivity index (χ2v) is 5.07. The smallest absolute Gasteiger partial charge is 0.231 e. The van der Waals surface area contributed by atoms with E-state index >= 15 is 0 Å². The minimum absolute atomic E-state index is 0.149. The van der Waals surface area contributed by atoms with Crippen LogP contribution in [0, 0.1) is 12.7 Å². The molecule has 0 saturated heterocycles. The van der Waals surface area contributed by atoms with Gasteiger partial charge in [0.2, 0.25) is 11.7 Å². The maximum absolute atomic E-state index is 13.4. The molecule has 2 aromatic rings. The molecule has 108 valence electrons. The Labute approximate surface area is 118 Å². The topological polar surface area (TPSA) is 51.0 Å². The van der Waals surface area contributed by atoms with Crippen molar-refractivity contribution in [2.24, 2.45) is 0 Å². The number of halogens is 1. The largest absolute Gasteiger partial charge is 0.339 e. The molecule has 0 aliphatic rings. The molecule has 2 rings (SSSR count). The summed E-state index contributed by atoms with van der Waals surface area (Å²) in [6.07, 6.45) is 0.895. The monoisotopic (exact) mass is 277 g/mol. The Hall–Kier alpha value is -1.75. The number of nitrogens with zero attached hydrogens (tertiary/aromatic N) is 2. The number of nitrogens with one attached hydrogen (secondary N) is 1. The molecule has 0 amide bonds. The molecule has 4 nitrogen and oxygen atoms in total. The number of hydrogen-bond donors (Lipinski definition) is 1. The molecule has 0 fully saturated rings.